The first-order chi connectivity index (χ1) is 9.79. The number of rotatable bonds is 6. The predicted octanol–water partition coefficient (Wildman–Crippen LogP) is 1.47. The smallest absolute Gasteiger partial charge is 0.323 e. The summed E-state index contributed by atoms with van der Waals surface area (Å²) in [5, 5.41) is 17.5. The van der Waals surface area contributed by atoms with Gasteiger partial charge < -0.3 is 20.0 Å². The third kappa shape index (κ3) is 5.82. The molecular weight excluding hydrogens is 344 g/mol. The molecule has 1 aromatic rings. The van der Waals surface area contributed by atoms with Gasteiger partial charge in [0.2, 0.25) is 0 Å². The number of carbonyl (C=O) groups is 3. The summed E-state index contributed by atoms with van der Waals surface area (Å²) in [6.45, 7) is -1.06. The van der Waals surface area contributed by atoms with Crippen LogP contribution < -0.4 is 0 Å². The van der Waals surface area contributed by atoms with Crippen molar-refractivity contribution in [1.29, 1.82) is 0 Å². The van der Waals surface area contributed by atoms with Crippen molar-refractivity contribution in [2.24, 2.45) is 0 Å². The number of hydrogen-bond donors (Lipinski definition) is 2. The minimum atomic E-state index is -1.26. The zero-order valence-electron chi connectivity index (χ0n) is 11.3. The summed E-state index contributed by atoms with van der Waals surface area (Å²) < 4.78 is 0.901. The highest BCUT2D eigenvalue weighted by Crippen LogP contribution is 2.12. The van der Waals surface area contributed by atoms with Crippen LogP contribution in [0.2, 0.25) is 0 Å². The second-order valence-electron chi connectivity index (χ2n) is 4.41. The maximum Gasteiger partial charge on any atom is 0.323 e. The highest BCUT2D eigenvalue weighted by molar-refractivity contribution is 9.10. The lowest BCUT2D eigenvalue weighted by molar-refractivity contribution is -0.140. The Morgan fingerprint density at radius 2 is 1.52 bits per heavy atom. The second-order valence-corrected chi connectivity index (χ2v) is 5.32. The summed E-state index contributed by atoms with van der Waals surface area (Å²) in [5.74, 6) is -2.52. The maximum atomic E-state index is 12.1. The minimum Gasteiger partial charge on any atom is -0.480 e. The summed E-state index contributed by atoms with van der Waals surface area (Å²) in [4.78, 5) is 35.5. The van der Waals surface area contributed by atoms with Gasteiger partial charge in [-0.2, -0.15) is 0 Å². The highest BCUT2D eigenvalue weighted by atomic mass is 79.9. The Morgan fingerprint density at radius 1 is 1.05 bits per heavy atom. The zero-order valence-corrected chi connectivity index (χ0v) is 12.9. The van der Waals surface area contributed by atoms with Crippen LogP contribution in [0.1, 0.15) is 5.56 Å². The van der Waals surface area contributed by atoms with E-state index in [1.165, 1.54) is 11.9 Å². The number of carbonyl (C=O) groups excluding carboxylic acids is 1. The van der Waals surface area contributed by atoms with Crippen LogP contribution in [0.5, 0.6) is 0 Å². The molecule has 0 bridgehead atoms. The molecule has 0 saturated carbocycles. The molecule has 1 rings (SSSR count). The number of halogens is 1. The van der Waals surface area contributed by atoms with E-state index in [0.717, 1.165) is 14.9 Å². The molecule has 0 heterocycles. The summed E-state index contributed by atoms with van der Waals surface area (Å²) in [6, 6.07) is 6.61. The number of urea groups is 1. The molecule has 1 aromatic carbocycles. The average Bonchev–Trinajstić information content (AvgIpc) is 2.38. The van der Waals surface area contributed by atoms with Crippen LogP contribution in [0.15, 0.2) is 28.7 Å². The van der Waals surface area contributed by atoms with Gasteiger partial charge in [0.1, 0.15) is 13.1 Å². The molecule has 0 saturated heterocycles. The normalized spacial score (nSPS) is 10.0. The Kier molecular flexibility index (Phi) is 6.16. The molecule has 0 atom stereocenters. The van der Waals surface area contributed by atoms with Crippen LogP contribution in [0.3, 0.4) is 0 Å². The van der Waals surface area contributed by atoms with E-state index in [0.29, 0.717) is 0 Å². The van der Waals surface area contributed by atoms with Gasteiger partial charge in [-0.15, -0.1) is 0 Å². The Labute approximate surface area is 129 Å². The number of nitrogens with zero attached hydrogens (tertiary/aromatic N) is 2. The van der Waals surface area contributed by atoms with E-state index in [9.17, 15) is 14.4 Å². The average molecular weight is 359 g/mol. The van der Waals surface area contributed by atoms with Gasteiger partial charge in [0.15, 0.2) is 0 Å². The number of carboxylic acid groups (broad SMARTS) is 2. The quantitative estimate of drug-likeness (QED) is 0.802. The molecule has 2 N–H and O–H groups in total. The van der Waals surface area contributed by atoms with Gasteiger partial charge >= 0.3 is 18.0 Å². The van der Waals surface area contributed by atoms with Crippen molar-refractivity contribution in [3.05, 3.63) is 34.3 Å². The van der Waals surface area contributed by atoms with Crippen LogP contribution >= 0.6 is 15.9 Å². The molecule has 0 aromatic heterocycles. The number of carboxylic acids is 2. The summed E-state index contributed by atoms with van der Waals surface area (Å²) in [6.07, 6.45) is 0. The summed E-state index contributed by atoms with van der Waals surface area (Å²) in [7, 11) is 1.49. The van der Waals surface area contributed by atoms with Crippen LogP contribution in [-0.2, 0) is 16.1 Å². The van der Waals surface area contributed by atoms with Crippen LogP contribution in [0, 0.1) is 0 Å². The SMILES string of the molecule is CN(Cc1ccc(Br)cc1)C(=O)N(CC(=O)O)CC(=O)O. The second kappa shape index (κ2) is 7.63. The summed E-state index contributed by atoms with van der Waals surface area (Å²) in [5.41, 5.74) is 0.847. The van der Waals surface area contributed by atoms with Crippen molar-refractivity contribution in [1.82, 2.24) is 9.80 Å². The molecule has 7 nitrogen and oxygen atoms in total. The number of amides is 2. The number of hydrogen-bond acceptors (Lipinski definition) is 3. The van der Waals surface area contributed by atoms with Crippen molar-refractivity contribution < 1.29 is 24.6 Å². The molecular formula is C13H15BrN2O5. The van der Waals surface area contributed by atoms with E-state index < -0.39 is 31.1 Å². The monoisotopic (exact) mass is 358 g/mol. The molecule has 2 amide bonds. The summed E-state index contributed by atoms with van der Waals surface area (Å²) >= 11 is 3.30. The Bertz CT molecular complexity index is 516. The van der Waals surface area contributed by atoms with E-state index in [1.54, 1.807) is 0 Å². The molecule has 21 heavy (non-hydrogen) atoms. The van der Waals surface area contributed by atoms with Crippen molar-refractivity contribution >= 4 is 33.9 Å². The van der Waals surface area contributed by atoms with Gasteiger partial charge in [-0.05, 0) is 17.7 Å². The van der Waals surface area contributed by atoms with Crippen molar-refractivity contribution in [3.63, 3.8) is 0 Å². The van der Waals surface area contributed by atoms with Crippen LogP contribution in [-0.4, -0.2) is 58.1 Å². The molecule has 0 fully saturated rings. The first kappa shape index (κ1) is 17.0. The minimum absolute atomic E-state index is 0.252. The molecule has 8 heteroatoms. The predicted molar refractivity (Wildman–Crippen MR) is 77.8 cm³/mol. The van der Waals surface area contributed by atoms with Gasteiger partial charge in [-0.3, -0.25) is 9.59 Å². The fourth-order valence-electron chi connectivity index (χ4n) is 1.69. The Morgan fingerprint density at radius 3 is 1.95 bits per heavy atom. The fourth-order valence-corrected chi connectivity index (χ4v) is 1.95. The van der Waals surface area contributed by atoms with Gasteiger partial charge in [0.05, 0.1) is 0 Å². The topological polar surface area (TPSA) is 98.2 Å². The number of benzene rings is 1. The van der Waals surface area contributed by atoms with E-state index in [1.807, 2.05) is 24.3 Å². The number of aliphatic carboxylic acids is 2. The lowest BCUT2D eigenvalue weighted by Gasteiger charge is -2.25. The molecule has 0 unspecified atom stereocenters. The first-order valence-electron chi connectivity index (χ1n) is 5.97. The largest absolute Gasteiger partial charge is 0.480 e. The van der Waals surface area contributed by atoms with Gasteiger partial charge in [-0.1, -0.05) is 28.1 Å². The van der Waals surface area contributed by atoms with Crippen LogP contribution in [0.4, 0.5) is 4.79 Å². The Balaban J connectivity index is 2.74. The molecule has 114 valence electrons. The first-order valence-corrected chi connectivity index (χ1v) is 6.77. The van der Waals surface area contributed by atoms with Gasteiger partial charge in [-0.25, -0.2) is 4.79 Å². The third-order valence-electron chi connectivity index (χ3n) is 2.58. The highest BCUT2D eigenvalue weighted by Gasteiger charge is 2.22. The van der Waals surface area contributed by atoms with Gasteiger partial charge in [0, 0.05) is 18.1 Å². The lowest BCUT2D eigenvalue weighted by Crippen LogP contribution is -2.45. The van der Waals surface area contributed by atoms with Gasteiger partial charge in [0.25, 0.3) is 0 Å². The maximum absolute atomic E-state index is 12.1. The lowest BCUT2D eigenvalue weighted by atomic mass is 10.2. The molecule has 0 aliphatic carbocycles. The molecule has 0 aliphatic rings. The van der Waals surface area contributed by atoms with Crippen molar-refractivity contribution in [2.45, 2.75) is 6.54 Å². The third-order valence-corrected chi connectivity index (χ3v) is 3.11. The van der Waals surface area contributed by atoms with Crippen molar-refractivity contribution in [3.8, 4) is 0 Å². The molecule has 0 aliphatic heterocycles. The molecule has 0 radical (unpaired) electrons. The van der Waals surface area contributed by atoms with E-state index in [2.05, 4.69) is 15.9 Å². The van der Waals surface area contributed by atoms with E-state index in [4.69, 9.17) is 10.2 Å². The van der Waals surface area contributed by atoms with Crippen LogP contribution in [0.25, 0.3) is 0 Å². The Hall–Kier alpha value is -2.09. The van der Waals surface area contributed by atoms with E-state index >= 15 is 0 Å². The zero-order chi connectivity index (χ0) is 16.0. The van der Waals surface area contributed by atoms with Crippen molar-refractivity contribution in [2.75, 3.05) is 20.1 Å². The fraction of sp³-hybridized carbons (Fsp3) is 0.308. The molecule has 0 spiro atoms. The van der Waals surface area contributed by atoms with E-state index in [-0.39, 0.29) is 6.54 Å². The standard InChI is InChI=1S/C13H15BrN2O5/c1-15(6-9-2-4-10(14)5-3-9)13(21)16(7-11(17)18)8-12(19)20/h2-5H,6-8H2,1H3,(H,17,18)(H,19,20).